The molecular weight excluding hydrogens is 376 g/mol. The number of nitrogens with zero attached hydrogens (tertiary/aromatic N) is 4. The highest BCUT2D eigenvalue weighted by molar-refractivity contribution is 6.31. The summed E-state index contributed by atoms with van der Waals surface area (Å²) in [7, 11) is 0. The summed E-state index contributed by atoms with van der Waals surface area (Å²) >= 11 is 6.21. The van der Waals surface area contributed by atoms with Crippen LogP contribution in [0.4, 0.5) is 0 Å². The minimum absolute atomic E-state index is 0.0223. The molecule has 146 valence electrons. The van der Waals surface area contributed by atoms with Crippen LogP contribution in [-0.4, -0.2) is 31.1 Å². The lowest BCUT2D eigenvalue weighted by Gasteiger charge is -2.37. The van der Waals surface area contributed by atoms with E-state index in [9.17, 15) is 4.79 Å². The van der Waals surface area contributed by atoms with Gasteiger partial charge in [0.2, 0.25) is 5.91 Å². The Balaban J connectivity index is 1.48. The summed E-state index contributed by atoms with van der Waals surface area (Å²) in [5.41, 5.74) is 2.77. The second kappa shape index (κ2) is 6.88. The standard InChI is InChI=1S/C20H23ClN6O/c21-13-7-8-16-15(11-13)14-5-4-6-17(18(14)23-16)24-19(28)20(9-2-1-3-10-20)27-12-22-25-26-27/h7-8,11-12,17,23H,1-6,9-10H2,(H,24,28). The summed E-state index contributed by atoms with van der Waals surface area (Å²) in [6.07, 6.45) is 9.23. The van der Waals surface area contributed by atoms with Crippen molar-refractivity contribution in [2.75, 3.05) is 0 Å². The van der Waals surface area contributed by atoms with E-state index in [1.54, 1.807) is 11.0 Å². The number of fused-ring (bicyclic) bond motifs is 3. The number of carbonyl (C=O) groups is 1. The van der Waals surface area contributed by atoms with Crippen molar-refractivity contribution in [3.8, 4) is 0 Å². The zero-order valence-electron chi connectivity index (χ0n) is 15.6. The van der Waals surface area contributed by atoms with Crippen molar-refractivity contribution in [1.29, 1.82) is 0 Å². The molecule has 2 aromatic heterocycles. The molecule has 1 saturated carbocycles. The van der Waals surface area contributed by atoms with Gasteiger partial charge in [-0.25, -0.2) is 4.68 Å². The fourth-order valence-corrected chi connectivity index (χ4v) is 5.10. The molecule has 0 aliphatic heterocycles. The van der Waals surface area contributed by atoms with Gasteiger partial charge in [-0.15, -0.1) is 5.10 Å². The first-order valence-corrected chi connectivity index (χ1v) is 10.4. The van der Waals surface area contributed by atoms with Gasteiger partial charge in [-0.2, -0.15) is 0 Å². The molecule has 7 nitrogen and oxygen atoms in total. The maximum Gasteiger partial charge on any atom is 0.248 e. The summed E-state index contributed by atoms with van der Waals surface area (Å²) in [6, 6.07) is 5.89. The zero-order chi connectivity index (χ0) is 19.1. The van der Waals surface area contributed by atoms with Gasteiger partial charge in [0.05, 0.1) is 6.04 Å². The largest absolute Gasteiger partial charge is 0.356 e. The molecule has 0 spiro atoms. The van der Waals surface area contributed by atoms with Gasteiger partial charge in [0.25, 0.3) is 0 Å². The van der Waals surface area contributed by atoms with E-state index in [1.165, 1.54) is 5.56 Å². The number of hydrogen-bond donors (Lipinski definition) is 2. The van der Waals surface area contributed by atoms with Crippen LogP contribution >= 0.6 is 11.6 Å². The van der Waals surface area contributed by atoms with E-state index in [1.807, 2.05) is 18.2 Å². The molecule has 0 radical (unpaired) electrons. The van der Waals surface area contributed by atoms with E-state index in [0.29, 0.717) is 0 Å². The number of aromatic nitrogens is 5. The lowest BCUT2D eigenvalue weighted by atomic mass is 9.80. The maximum atomic E-state index is 13.5. The second-order valence-electron chi connectivity index (χ2n) is 7.97. The highest BCUT2D eigenvalue weighted by Gasteiger charge is 2.43. The number of aryl methyl sites for hydroxylation is 1. The topological polar surface area (TPSA) is 88.5 Å². The number of carbonyl (C=O) groups excluding carboxylic acids is 1. The van der Waals surface area contributed by atoms with Crippen molar-refractivity contribution in [3.63, 3.8) is 0 Å². The van der Waals surface area contributed by atoms with Gasteiger partial charge < -0.3 is 10.3 Å². The lowest BCUT2D eigenvalue weighted by Crippen LogP contribution is -2.51. The number of tetrazole rings is 1. The molecule has 1 aromatic carbocycles. The van der Waals surface area contributed by atoms with E-state index in [-0.39, 0.29) is 11.9 Å². The van der Waals surface area contributed by atoms with Crippen molar-refractivity contribution in [1.82, 2.24) is 30.5 Å². The van der Waals surface area contributed by atoms with Gasteiger partial charge >= 0.3 is 0 Å². The van der Waals surface area contributed by atoms with Crippen molar-refractivity contribution >= 4 is 28.4 Å². The van der Waals surface area contributed by atoms with E-state index >= 15 is 0 Å². The molecule has 5 rings (SSSR count). The fourth-order valence-electron chi connectivity index (χ4n) is 4.93. The van der Waals surface area contributed by atoms with Gasteiger partial charge in [-0.3, -0.25) is 4.79 Å². The van der Waals surface area contributed by atoms with Crippen LogP contribution in [0.15, 0.2) is 24.5 Å². The maximum absolute atomic E-state index is 13.5. The van der Waals surface area contributed by atoms with Gasteiger partial charge in [0.1, 0.15) is 11.9 Å². The molecule has 1 atom stereocenters. The Kier molecular flexibility index (Phi) is 4.34. The minimum atomic E-state index is -0.686. The summed E-state index contributed by atoms with van der Waals surface area (Å²) in [5, 5.41) is 16.9. The smallest absolute Gasteiger partial charge is 0.248 e. The number of nitrogens with one attached hydrogen (secondary N) is 2. The molecule has 0 saturated heterocycles. The Labute approximate surface area is 167 Å². The third-order valence-corrected chi connectivity index (χ3v) is 6.60. The van der Waals surface area contributed by atoms with Crippen molar-refractivity contribution < 1.29 is 4.79 Å². The summed E-state index contributed by atoms with van der Waals surface area (Å²) < 4.78 is 1.66. The Morgan fingerprint density at radius 1 is 1.25 bits per heavy atom. The Hall–Kier alpha value is -2.41. The van der Waals surface area contributed by atoms with E-state index in [4.69, 9.17) is 11.6 Å². The van der Waals surface area contributed by atoms with E-state index < -0.39 is 5.54 Å². The molecule has 2 N–H and O–H groups in total. The predicted octanol–water partition coefficient (Wildman–Crippen LogP) is 3.66. The highest BCUT2D eigenvalue weighted by atomic mass is 35.5. The monoisotopic (exact) mass is 398 g/mol. The number of H-pyrrole nitrogens is 1. The molecule has 2 heterocycles. The predicted molar refractivity (Wildman–Crippen MR) is 106 cm³/mol. The average Bonchev–Trinajstić information content (AvgIpc) is 3.37. The zero-order valence-corrected chi connectivity index (χ0v) is 16.4. The first-order chi connectivity index (χ1) is 13.7. The number of hydrogen-bond acceptors (Lipinski definition) is 4. The summed E-state index contributed by atoms with van der Waals surface area (Å²) in [6.45, 7) is 0. The van der Waals surface area contributed by atoms with Gasteiger partial charge in [0, 0.05) is 21.6 Å². The molecule has 2 aliphatic rings. The molecular formula is C20H23ClN6O. The Morgan fingerprint density at radius 3 is 2.89 bits per heavy atom. The van der Waals surface area contributed by atoms with Gasteiger partial charge in [-0.05, 0) is 66.3 Å². The van der Waals surface area contributed by atoms with Gasteiger partial charge in [0.15, 0.2) is 0 Å². The fraction of sp³-hybridized carbons (Fsp3) is 0.500. The first kappa shape index (κ1) is 17.7. The van der Waals surface area contributed by atoms with Gasteiger partial charge in [-0.1, -0.05) is 30.9 Å². The Morgan fingerprint density at radius 2 is 2.11 bits per heavy atom. The second-order valence-corrected chi connectivity index (χ2v) is 8.41. The number of halogens is 1. The first-order valence-electron chi connectivity index (χ1n) is 10.0. The average molecular weight is 399 g/mol. The summed E-state index contributed by atoms with van der Waals surface area (Å²) in [4.78, 5) is 17.0. The van der Waals surface area contributed by atoms with Crippen LogP contribution in [0.5, 0.6) is 0 Å². The van der Waals surface area contributed by atoms with Crippen molar-refractivity contribution in [2.45, 2.75) is 62.9 Å². The van der Waals surface area contributed by atoms with Crippen LogP contribution in [-0.2, 0) is 16.8 Å². The van der Waals surface area contributed by atoms with Crippen LogP contribution < -0.4 is 5.32 Å². The van der Waals surface area contributed by atoms with Crippen LogP contribution in [0.1, 0.15) is 62.2 Å². The van der Waals surface area contributed by atoms with Crippen LogP contribution in [0.2, 0.25) is 5.02 Å². The molecule has 0 bridgehead atoms. The highest BCUT2D eigenvalue weighted by Crippen LogP contribution is 2.38. The lowest BCUT2D eigenvalue weighted by molar-refractivity contribution is -0.133. The van der Waals surface area contributed by atoms with E-state index in [0.717, 1.165) is 73.0 Å². The molecule has 1 fully saturated rings. The molecule has 1 amide bonds. The number of amides is 1. The van der Waals surface area contributed by atoms with Crippen LogP contribution in [0.3, 0.4) is 0 Å². The summed E-state index contributed by atoms with van der Waals surface area (Å²) in [5.74, 6) is 0.0223. The van der Waals surface area contributed by atoms with E-state index in [2.05, 4.69) is 25.8 Å². The van der Waals surface area contributed by atoms with Crippen molar-refractivity contribution in [3.05, 3.63) is 40.8 Å². The molecule has 2 aliphatic carbocycles. The molecule has 8 heteroatoms. The number of rotatable bonds is 3. The minimum Gasteiger partial charge on any atom is -0.356 e. The third kappa shape index (κ3) is 2.80. The quantitative estimate of drug-likeness (QED) is 0.704. The van der Waals surface area contributed by atoms with Crippen LogP contribution in [0.25, 0.3) is 10.9 Å². The Bertz CT molecular complexity index is 1010. The van der Waals surface area contributed by atoms with Crippen LogP contribution in [0, 0.1) is 0 Å². The molecule has 28 heavy (non-hydrogen) atoms. The SMILES string of the molecule is O=C(NC1CCCc2c1[nH]c1ccc(Cl)cc21)C1(n2cnnn2)CCCCC1. The molecule has 3 aromatic rings. The number of aromatic amines is 1. The normalized spacial score (nSPS) is 21.4. The number of benzene rings is 1. The molecule has 1 unspecified atom stereocenters. The van der Waals surface area contributed by atoms with Crippen molar-refractivity contribution in [2.24, 2.45) is 0 Å². The third-order valence-electron chi connectivity index (χ3n) is 6.37.